The van der Waals surface area contributed by atoms with Crippen molar-refractivity contribution in [1.82, 2.24) is 0 Å². The first-order valence-corrected chi connectivity index (χ1v) is 7.52. The Hall–Kier alpha value is -1.30. The van der Waals surface area contributed by atoms with Gasteiger partial charge in [0.05, 0.1) is 0 Å². The highest BCUT2D eigenvalue weighted by Gasteiger charge is 2.26. The molecular formula is C19H26. The molecule has 0 saturated heterocycles. The number of hydrogen-bond acceptors (Lipinski definition) is 0. The first-order chi connectivity index (χ1) is 9.08. The van der Waals surface area contributed by atoms with E-state index in [-0.39, 0.29) is 0 Å². The van der Waals surface area contributed by atoms with Crippen LogP contribution in [0.15, 0.2) is 35.4 Å². The molecule has 0 N–H and O–H groups in total. The molecule has 1 aliphatic rings. The van der Waals surface area contributed by atoms with Crippen molar-refractivity contribution in [3.8, 4) is 0 Å². The van der Waals surface area contributed by atoms with E-state index in [9.17, 15) is 0 Å². The van der Waals surface area contributed by atoms with Crippen LogP contribution in [0, 0.1) is 0 Å². The SMILES string of the molecule is C/C=C(\C(C)=C(C)C)c1ccc(CC)c(C2CC2)c1. The molecule has 0 spiro atoms. The zero-order valence-corrected chi connectivity index (χ0v) is 13.0. The maximum atomic E-state index is 2.44. The number of allylic oxidation sites excluding steroid dienone is 4. The lowest BCUT2D eigenvalue weighted by atomic mass is 9.91. The van der Waals surface area contributed by atoms with Crippen molar-refractivity contribution in [1.29, 1.82) is 0 Å². The smallest absolute Gasteiger partial charge is 0.0159 e. The molecule has 0 unspecified atom stereocenters. The molecule has 0 radical (unpaired) electrons. The summed E-state index contributed by atoms with van der Waals surface area (Å²) in [5.41, 5.74) is 8.73. The van der Waals surface area contributed by atoms with E-state index >= 15 is 0 Å². The third-order valence-corrected chi connectivity index (χ3v) is 4.30. The van der Waals surface area contributed by atoms with Gasteiger partial charge in [-0.2, -0.15) is 0 Å². The Kier molecular flexibility index (Phi) is 4.29. The molecule has 0 nitrogen and oxygen atoms in total. The Bertz CT molecular complexity index is 521. The van der Waals surface area contributed by atoms with Gasteiger partial charge in [0.15, 0.2) is 0 Å². The van der Waals surface area contributed by atoms with E-state index in [1.807, 2.05) is 0 Å². The van der Waals surface area contributed by atoms with Crippen LogP contribution in [-0.4, -0.2) is 0 Å². The lowest BCUT2D eigenvalue weighted by Gasteiger charge is -2.14. The normalized spacial score (nSPS) is 15.5. The largest absolute Gasteiger partial charge is 0.0795 e. The molecule has 19 heavy (non-hydrogen) atoms. The van der Waals surface area contributed by atoms with Gasteiger partial charge in [-0.05, 0) is 80.7 Å². The Morgan fingerprint density at radius 2 is 1.89 bits per heavy atom. The summed E-state index contributed by atoms with van der Waals surface area (Å²) in [5.74, 6) is 0.833. The van der Waals surface area contributed by atoms with Gasteiger partial charge in [0.2, 0.25) is 0 Å². The molecule has 1 fully saturated rings. The summed E-state index contributed by atoms with van der Waals surface area (Å²) in [6, 6.07) is 7.08. The highest BCUT2D eigenvalue weighted by atomic mass is 14.3. The molecule has 0 aliphatic heterocycles. The highest BCUT2D eigenvalue weighted by Crippen LogP contribution is 2.43. The molecule has 1 saturated carbocycles. The van der Waals surface area contributed by atoms with Gasteiger partial charge in [0, 0.05) is 0 Å². The van der Waals surface area contributed by atoms with Gasteiger partial charge < -0.3 is 0 Å². The van der Waals surface area contributed by atoms with Gasteiger partial charge in [-0.15, -0.1) is 0 Å². The molecule has 1 aromatic rings. The van der Waals surface area contributed by atoms with Crippen LogP contribution in [0.3, 0.4) is 0 Å². The van der Waals surface area contributed by atoms with Crippen LogP contribution < -0.4 is 0 Å². The Labute approximate surface area is 118 Å². The summed E-state index contributed by atoms with van der Waals surface area (Å²) in [7, 11) is 0. The zero-order valence-electron chi connectivity index (χ0n) is 13.0. The van der Waals surface area contributed by atoms with Crippen molar-refractivity contribution >= 4 is 5.57 Å². The number of hydrogen-bond donors (Lipinski definition) is 0. The van der Waals surface area contributed by atoms with Crippen LogP contribution in [0.1, 0.15) is 70.1 Å². The van der Waals surface area contributed by atoms with Crippen LogP contribution in [0.5, 0.6) is 0 Å². The molecule has 0 heterocycles. The van der Waals surface area contributed by atoms with E-state index in [0.717, 1.165) is 12.3 Å². The third kappa shape index (κ3) is 3.00. The minimum absolute atomic E-state index is 0.833. The van der Waals surface area contributed by atoms with Crippen LogP contribution in [0.25, 0.3) is 5.57 Å². The second-order valence-electron chi connectivity index (χ2n) is 5.87. The van der Waals surface area contributed by atoms with Crippen LogP contribution >= 0.6 is 0 Å². The molecule has 0 atom stereocenters. The van der Waals surface area contributed by atoms with Crippen LogP contribution in [0.4, 0.5) is 0 Å². The number of aryl methyl sites for hydroxylation is 1. The second-order valence-corrected chi connectivity index (χ2v) is 5.87. The molecule has 2 rings (SSSR count). The van der Waals surface area contributed by atoms with Gasteiger partial charge in [0.25, 0.3) is 0 Å². The van der Waals surface area contributed by atoms with Gasteiger partial charge in [-0.1, -0.05) is 36.8 Å². The summed E-state index contributed by atoms with van der Waals surface area (Å²) < 4.78 is 0. The minimum atomic E-state index is 0.833. The van der Waals surface area contributed by atoms with E-state index < -0.39 is 0 Å². The fraction of sp³-hybridized carbons (Fsp3) is 0.474. The van der Waals surface area contributed by atoms with E-state index in [1.165, 1.54) is 40.7 Å². The molecule has 0 amide bonds. The zero-order chi connectivity index (χ0) is 14.0. The summed E-state index contributed by atoms with van der Waals surface area (Å²) in [5, 5.41) is 0. The van der Waals surface area contributed by atoms with Crippen molar-refractivity contribution < 1.29 is 0 Å². The molecular weight excluding hydrogens is 228 g/mol. The summed E-state index contributed by atoms with van der Waals surface area (Å²) >= 11 is 0. The monoisotopic (exact) mass is 254 g/mol. The summed E-state index contributed by atoms with van der Waals surface area (Å²) in [6.45, 7) is 11.0. The van der Waals surface area contributed by atoms with Gasteiger partial charge in [-0.3, -0.25) is 0 Å². The number of benzene rings is 1. The molecule has 0 bridgehead atoms. The highest BCUT2D eigenvalue weighted by molar-refractivity contribution is 5.79. The predicted molar refractivity (Wildman–Crippen MR) is 85.5 cm³/mol. The topological polar surface area (TPSA) is 0 Å². The van der Waals surface area contributed by atoms with Gasteiger partial charge in [-0.25, -0.2) is 0 Å². The lowest BCUT2D eigenvalue weighted by molar-refractivity contribution is 1.03. The standard InChI is InChI=1S/C19H26/c1-6-15-8-11-17(12-19(15)16-9-10-16)18(7-2)14(5)13(3)4/h7-8,11-12,16H,6,9-10H2,1-5H3/b18-7+. The van der Waals surface area contributed by atoms with Gasteiger partial charge >= 0.3 is 0 Å². The van der Waals surface area contributed by atoms with Gasteiger partial charge in [0.1, 0.15) is 0 Å². The summed E-state index contributed by atoms with van der Waals surface area (Å²) in [6.07, 6.45) is 6.16. The van der Waals surface area contributed by atoms with Crippen molar-refractivity contribution in [2.24, 2.45) is 0 Å². The summed E-state index contributed by atoms with van der Waals surface area (Å²) in [4.78, 5) is 0. The fourth-order valence-corrected chi connectivity index (χ4v) is 2.73. The first kappa shape index (κ1) is 14.1. The van der Waals surface area contributed by atoms with Crippen molar-refractivity contribution in [2.45, 2.75) is 59.8 Å². The average molecular weight is 254 g/mol. The van der Waals surface area contributed by atoms with Crippen LogP contribution in [0.2, 0.25) is 0 Å². The van der Waals surface area contributed by atoms with E-state index in [1.54, 1.807) is 5.56 Å². The van der Waals surface area contributed by atoms with Crippen LogP contribution in [-0.2, 0) is 6.42 Å². The molecule has 1 aromatic carbocycles. The Balaban J connectivity index is 2.45. The second kappa shape index (κ2) is 5.77. The maximum Gasteiger partial charge on any atom is -0.0159 e. The Morgan fingerprint density at radius 3 is 2.37 bits per heavy atom. The minimum Gasteiger partial charge on any atom is -0.0795 e. The number of rotatable bonds is 4. The van der Waals surface area contributed by atoms with E-state index in [4.69, 9.17) is 0 Å². The third-order valence-electron chi connectivity index (χ3n) is 4.30. The Morgan fingerprint density at radius 1 is 1.21 bits per heavy atom. The predicted octanol–water partition coefficient (Wildman–Crippen LogP) is 5.89. The molecule has 0 aromatic heterocycles. The lowest BCUT2D eigenvalue weighted by Crippen LogP contribution is -1.95. The van der Waals surface area contributed by atoms with Crippen molar-refractivity contribution in [2.75, 3.05) is 0 Å². The average Bonchev–Trinajstić information content (AvgIpc) is 3.23. The first-order valence-electron chi connectivity index (χ1n) is 7.52. The molecule has 102 valence electrons. The quantitative estimate of drug-likeness (QED) is 0.588. The van der Waals surface area contributed by atoms with E-state index in [0.29, 0.717) is 0 Å². The van der Waals surface area contributed by atoms with Crippen molar-refractivity contribution in [3.05, 3.63) is 52.1 Å². The van der Waals surface area contributed by atoms with Crippen molar-refractivity contribution in [3.63, 3.8) is 0 Å². The molecule has 1 aliphatic carbocycles. The van der Waals surface area contributed by atoms with E-state index in [2.05, 4.69) is 58.9 Å². The molecule has 0 heteroatoms. The maximum absolute atomic E-state index is 2.44. The fourth-order valence-electron chi connectivity index (χ4n) is 2.73.